The molecule has 1 nitrogen and oxygen atoms in total. The maximum atomic E-state index is 11.7. The standard InChI is InChI=1S/C25H22O/c1-17(26)18-13-15-19(16-14-18)23-21-11-7-8-12-22(21)25(2,3)24(23)20-9-5-4-6-10-20/h4-16H,1-3H3. The number of allylic oxidation sites excluding steroid dienone is 1. The molecule has 0 fully saturated rings. The minimum absolute atomic E-state index is 0.0769. The molecule has 4 rings (SSSR count). The van der Waals surface area contributed by atoms with E-state index in [0.29, 0.717) is 0 Å². The van der Waals surface area contributed by atoms with Crippen molar-refractivity contribution >= 4 is 16.9 Å². The second-order valence-electron chi connectivity index (χ2n) is 7.42. The number of Topliss-reactive ketones (excluding diaryl/α,β-unsaturated/α-hetero) is 1. The molecule has 0 radical (unpaired) electrons. The third-order valence-corrected chi connectivity index (χ3v) is 5.39. The van der Waals surface area contributed by atoms with Gasteiger partial charge >= 0.3 is 0 Å². The Balaban J connectivity index is 2.01. The van der Waals surface area contributed by atoms with Crippen molar-refractivity contribution in [2.75, 3.05) is 0 Å². The molecular formula is C25H22O. The van der Waals surface area contributed by atoms with Crippen LogP contribution in [-0.4, -0.2) is 5.78 Å². The number of hydrogen-bond donors (Lipinski definition) is 0. The van der Waals surface area contributed by atoms with Gasteiger partial charge in [0, 0.05) is 11.0 Å². The summed E-state index contributed by atoms with van der Waals surface area (Å²) in [7, 11) is 0. The smallest absolute Gasteiger partial charge is 0.159 e. The fourth-order valence-corrected chi connectivity index (χ4v) is 4.11. The fourth-order valence-electron chi connectivity index (χ4n) is 4.11. The van der Waals surface area contributed by atoms with Crippen LogP contribution >= 0.6 is 0 Å². The van der Waals surface area contributed by atoms with Crippen molar-refractivity contribution in [3.05, 3.63) is 107 Å². The molecular weight excluding hydrogens is 316 g/mol. The molecule has 0 aromatic heterocycles. The first-order chi connectivity index (χ1) is 12.5. The lowest BCUT2D eigenvalue weighted by Gasteiger charge is -2.25. The third kappa shape index (κ3) is 2.52. The van der Waals surface area contributed by atoms with Gasteiger partial charge in [0.05, 0.1) is 0 Å². The zero-order valence-corrected chi connectivity index (χ0v) is 15.4. The van der Waals surface area contributed by atoms with Gasteiger partial charge in [0.2, 0.25) is 0 Å². The lowest BCUT2D eigenvalue weighted by atomic mass is 9.78. The summed E-state index contributed by atoms with van der Waals surface area (Å²) in [5, 5.41) is 0. The van der Waals surface area contributed by atoms with Crippen LogP contribution in [0.3, 0.4) is 0 Å². The molecule has 1 aliphatic rings. The predicted octanol–water partition coefficient (Wildman–Crippen LogP) is 6.14. The minimum Gasteiger partial charge on any atom is -0.295 e. The van der Waals surface area contributed by atoms with E-state index in [4.69, 9.17) is 0 Å². The summed E-state index contributed by atoms with van der Waals surface area (Å²) in [5.74, 6) is 0.0981. The van der Waals surface area contributed by atoms with Gasteiger partial charge in [-0.25, -0.2) is 0 Å². The molecule has 1 heteroatoms. The van der Waals surface area contributed by atoms with Gasteiger partial charge in [-0.15, -0.1) is 0 Å². The maximum Gasteiger partial charge on any atom is 0.159 e. The lowest BCUT2D eigenvalue weighted by Crippen LogP contribution is -2.16. The Kier molecular flexibility index (Phi) is 3.88. The van der Waals surface area contributed by atoms with Crippen molar-refractivity contribution in [1.29, 1.82) is 0 Å². The van der Waals surface area contributed by atoms with Crippen LogP contribution in [0.5, 0.6) is 0 Å². The highest BCUT2D eigenvalue weighted by molar-refractivity contribution is 6.07. The van der Waals surface area contributed by atoms with E-state index in [9.17, 15) is 4.79 Å². The van der Waals surface area contributed by atoms with Crippen molar-refractivity contribution in [2.45, 2.75) is 26.2 Å². The minimum atomic E-state index is -0.0769. The van der Waals surface area contributed by atoms with Crippen LogP contribution in [0.4, 0.5) is 0 Å². The number of ketones is 1. The highest BCUT2D eigenvalue weighted by Gasteiger charge is 2.38. The van der Waals surface area contributed by atoms with E-state index in [2.05, 4.69) is 80.6 Å². The molecule has 0 aliphatic heterocycles. The summed E-state index contributed by atoms with van der Waals surface area (Å²) in [5.41, 5.74) is 8.33. The Morgan fingerprint density at radius 1 is 0.731 bits per heavy atom. The number of carbonyl (C=O) groups excluding carboxylic acids is 1. The quantitative estimate of drug-likeness (QED) is 0.524. The van der Waals surface area contributed by atoms with Crippen molar-refractivity contribution in [2.24, 2.45) is 0 Å². The van der Waals surface area contributed by atoms with E-state index < -0.39 is 0 Å². The molecule has 0 unspecified atom stereocenters. The Hall–Kier alpha value is -2.93. The molecule has 0 N–H and O–H groups in total. The number of hydrogen-bond acceptors (Lipinski definition) is 1. The van der Waals surface area contributed by atoms with E-state index in [1.165, 1.54) is 27.8 Å². The number of rotatable bonds is 3. The van der Waals surface area contributed by atoms with Crippen molar-refractivity contribution in [1.82, 2.24) is 0 Å². The van der Waals surface area contributed by atoms with E-state index in [1.807, 2.05) is 12.1 Å². The number of fused-ring (bicyclic) bond motifs is 1. The van der Waals surface area contributed by atoms with Gasteiger partial charge < -0.3 is 0 Å². The number of benzene rings is 3. The van der Waals surface area contributed by atoms with E-state index in [0.717, 1.165) is 11.1 Å². The Morgan fingerprint density at radius 2 is 1.35 bits per heavy atom. The Labute approximate surface area is 155 Å². The van der Waals surface area contributed by atoms with Gasteiger partial charge in [-0.2, -0.15) is 0 Å². The molecule has 0 saturated carbocycles. The van der Waals surface area contributed by atoms with Crippen molar-refractivity contribution < 1.29 is 4.79 Å². The van der Waals surface area contributed by atoms with Gasteiger partial charge in [0.1, 0.15) is 0 Å². The molecule has 1 aliphatic carbocycles. The van der Waals surface area contributed by atoms with Crippen LogP contribution in [0, 0.1) is 0 Å². The summed E-state index contributed by atoms with van der Waals surface area (Å²) in [6.45, 7) is 6.20. The molecule has 3 aromatic rings. The molecule has 0 spiro atoms. The predicted molar refractivity (Wildman–Crippen MR) is 108 cm³/mol. The molecule has 0 saturated heterocycles. The van der Waals surface area contributed by atoms with Gasteiger partial charge in [0.25, 0.3) is 0 Å². The molecule has 0 amide bonds. The van der Waals surface area contributed by atoms with Crippen LogP contribution in [0.2, 0.25) is 0 Å². The third-order valence-electron chi connectivity index (χ3n) is 5.39. The van der Waals surface area contributed by atoms with Gasteiger partial charge in [-0.1, -0.05) is 92.7 Å². The molecule has 26 heavy (non-hydrogen) atoms. The summed E-state index contributed by atoms with van der Waals surface area (Å²) in [6, 6.07) is 27.3. The number of carbonyl (C=O) groups is 1. The highest BCUT2D eigenvalue weighted by atomic mass is 16.1. The van der Waals surface area contributed by atoms with Crippen molar-refractivity contribution in [3.63, 3.8) is 0 Å². The van der Waals surface area contributed by atoms with Crippen LogP contribution < -0.4 is 0 Å². The summed E-state index contributed by atoms with van der Waals surface area (Å²) in [4.78, 5) is 11.7. The average Bonchev–Trinajstić information content (AvgIpc) is 2.90. The Morgan fingerprint density at radius 3 is 2.00 bits per heavy atom. The topological polar surface area (TPSA) is 17.1 Å². The second-order valence-corrected chi connectivity index (χ2v) is 7.42. The zero-order valence-electron chi connectivity index (χ0n) is 15.4. The van der Waals surface area contributed by atoms with Crippen LogP contribution in [0.15, 0.2) is 78.9 Å². The normalized spacial score (nSPS) is 15.0. The highest BCUT2D eigenvalue weighted by Crippen LogP contribution is 2.52. The van der Waals surface area contributed by atoms with Gasteiger partial charge in [-0.05, 0) is 40.3 Å². The van der Waals surface area contributed by atoms with Crippen molar-refractivity contribution in [3.8, 4) is 0 Å². The largest absolute Gasteiger partial charge is 0.295 e. The summed E-state index contributed by atoms with van der Waals surface area (Å²) in [6.07, 6.45) is 0. The fraction of sp³-hybridized carbons (Fsp3) is 0.160. The molecule has 0 atom stereocenters. The van der Waals surface area contributed by atoms with E-state index in [1.54, 1.807) is 6.92 Å². The molecule has 0 bridgehead atoms. The lowest BCUT2D eigenvalue weighted by molar-refractivity contribution is 0.101. The van der Waals surface area contributed by atoms with Gasteiger partial charge in [0.15, 0.2) is 5.78 Å². The zero-order chi connectivity index (χ0) is 18.3. The first-order valence-corrected chi connectivity index (χ1v) is 9.01. The Bertz CT molecular complexity index is 1010. The molecule has 128 valence electrons. The monoisotopic (exact) mass is 338 g/mol. The van der Waals surface area contributed by atoms with E-state index >= 15 is 0 Å². The first kappa shape index (κ1) is 16.5. The summed E-state index contributed by atoms with van der Waals surface area (Å²) < 4.78 is 0. The summed E-state index contributed by atoms with van der Waals surface area (Å²) >= 11 is 0. The SMILES string of the molecule is CC(=O)c1ccc(C2=C(c3ccccc3)C(C)(C)c3ccccc32)cc1. The average molecular weight is 338 g/mol. The maximum absolute atomic E-state index is 11.7. The van der Waals surface area contributed by atoms with Crippen LogP contribution in [-0.2, 0) is 5.41 Å². The van der Waals surface area contributed by atoms with E-state index in [-0.39, 0.29) is 11.2 Å². The van der Waals surface area contributed by atoms with Gasteiger partial charge in [-0.3, -0.25) is 4.79 Å². The van der Waals surface area contributed by atoms with Crippen LogP contribution in [0.25, 0.3) is 11.1 Å². The van der Waals surface area contributed by atoms with Crippen LogP contribution in [0.1, 0.15) is 53.4 Å². The second kappa shape index (κ2) is 6.10. The first-order valence-electron chi connectivity index (χ1n) is 9.01. The molecule has 0 heterocycles. The molecule has 3 aromatic carbocycles.